The van der Waals surface area contributed by atoms with E-state index in [-0.39, 0.29) is 22.7 Å². The van der Waals surface area contributed by atoms with Crippen molar-refractivity contribution in [3.05, 3.63) is 160 Å². The molecule has 0 radical (unpaired) electrons. The van der Waals surface area contributed by atoms with E-state index in [2.05, 4.69) is 97.6 Å². The third kappa shape index (κ3) is 11.3. The highest BCUT2D eigenvalue weighted by Gasteiger charge is 2.41. The number of fused-ring (bicyclic) bond motifs is 4. The van der Waals surface area contributed by atoms with Crippen molar-refractivity contribution in [2.45, 2.75) is 89.8 Å². The number of anilines is 1. The van der Waals surface area contributed by atoms with Crippen molar-refractivity contribution in [1.29, 1.82) is 0 Å². The highest BCUT2D eigenvalue weighted by atomic mass is 28.4. The van der Waals surface area contributed by atoms with Gasteiger partial charge in [0.25, 0.3) is 0 Å². The molecule has 3 aliphatic heterocycles. The smallest absolute Gasteiger partial charge is 0.412 e. The summed E-state index contributed by atoms with van der Waals surface area (Å²) in [6.07, 6.45) is 3.38. The number of benzene rings is 5. The zero-order valence-electron chi connectivity index (χ0n) is 39.2. The molecule has 4 heterocycles. The second-order valence-electron chi connectivity index (χ2n) is 19.5. The highest BCUT2D eigenvalue weighted by Crippen LogP contribution is 2.42. The van der Waals surface area contributed by atoms with Crippen molar-refractivity contribution in [3.8, 4) is 22.6 Å². The Morgan fingerprint density at radius 2 is 1.56 bits per heavy atom. The van der Waals surface area contributed by atoms with Crippen LogP contribution >= 0.6 is 0 Å². The lowest BCUT2D eigenvalue weighted by atomic mass is 9.82. The van der Waals surface area contributed by atoms with Crippen molar-refractivity contribution in [2.75, 3.05) is 44.2 Å². The Hall–Kier alpha value is -5.72. The van der Waals surface area contributed by atoms with Gasteiger partial charge in [0.15, 0.2) is 8.32 Å². The number of aromatic amines is 1. The predicted molar refractivity (Wildman–Crippen MR) is 269 cm³/mol. The zero-order chi connectivity index (χ0) is 46.3. The summed E-state index contributed by atoms with van der Waals surface area (Å²) in [7, 11) is -2.20. The Morgan fingerprint density at radius 1 is 0.848 bits per heavy atom. The van der Waals surface area contributed by atoms with Crippen molar-refractivity contribution in [1.82, 2.24) is 15.2 Å². The number of H-pyrrole nitrogens is 1. The van der Waals surface area contributed by atoms with Crippen LogP contribution in [0.1, 0.15) is 68.4 Å². The summed E-state index contributed by atoms with van der Waals surface area (Å²) in [5.41, 5.74) is 7.63. The number of hydrogen-bond donors (Lipinski definition) is 3. The van der Waals surface area contributed by atoms with Crippen LogP contribution in [0.15, 0.2) is 132 Å². The number of carboxylic acid groups (broad SMARTS) is 1. The number of aryl methyl sites for hydroxylation is 1. The van der Waals surface area contributed by atoms with Gasteiger partial charge in [0, 0.05) is 30.1 Å². The third-order valence-corrected chi connectivity index (χ3v) is 18.5. The zero-order valence-corrected chi connectivity index (χ0v) is 40.2. The number of pyridine rings is 1. The molecule has 0 unspecified atom stereocenters. The third-order valence-electron chi connectivity index (χ3n) is 14.0. The lowest BCUT2D eigenvalue weighted by Gasteiger charge is -2.48. The van der Waals surface area contributed by atoms with E-state index in [1.54, 1.807) is 11.0 Å². The highest BCUT2D eigenvalue weighted by molar-refractivity contribution is 6.74. The van der Waals surface area contributed by atoms with Crippen LogP contribution in [-0.4, -0.2) is 74.8 Å². The van der Waals surface area contributed by atoms with Gasteiger partial charge in [-0.1, -0.05) is 112 Å². The Morgan fingerprint density at radius 3 is 2.24 bits per heavy atom. The number of aromatic nitrogens is 1. The van der Waals surface area contributed by atoms with Gasteiger partial charge in [0.05, 0.1) is 30.0 Å². The average molecular weight is 907 g/mol. The van der Waals surface area contributed by atoms with Gasteiger partial charge in [-0.15, -0.1) is 0 Å². The van der Waals surface area contributed by atoms with E-state index in [4.69, 9.17) is 13.9 Å². The number of ether oxygens (including phenoxy) is 2. The van der Waals surface area contributed by atoms with Crippen molar-refractivity contribution in [2.24, 2.45) is 5.92 Å². The predicted octanol–water partition coefficient (Wildman–Crippen LogP) is 11.3. The first kappa shape index (κ1) is 46.8. The summed E-state index contributed by atoms with van der Waals surface area (Å²) in [6.45, 7) is 16.5. The normalized spacial score (nSPS) is 17.7. The number of carbonyl (C=O) groups is 1. The van der Waals surface area contributed by atoms with Crippen molar-refractivity contribution >= 4 is 31.0 Å². The summed E-state index contributed by atoms with van der Waals surface area (Å²) >= 11 is 0. The first-order valence-corrected chi connectivity index (χ1v) is 26.6. The second-order valence-corrected chi connectivity index (χ2v) is 24.3. The largest absolute Gasteiger partial charge is 0.494 e. The van der Waals surface area contributed by atoms with Gasteiger partial charge >= 0.3 is 6.09 Å². The number of rotatable bonds is 19. The van der Waals surface area contributed by atoms with Gasteiger partial charge in [0.1, 0.15) is 18.1 Å². The van der Waals surface area contributed by atoms with Gasteiger partial charge < -0.3 is 34.2 Å². The van der Waals surface area contributed by atoms with E-state index in [0.717, 1.165) is 103 Å². The van der Waals surface area contributed by atoms with E-state index >= 15 is 0 Å². The molecule has 5 aromatic carbocycles. The van der Waals surface area contributed by atoms with Crippen LogP contribution in [0.3, 0.4) is 0 Å². The van der Waals surface area contributed by atoms with Crippen LogP contribution in [0.4, 0.5) is 10.5 Å². The fourth-order valence-electron chi connectivity index (χ4n) is 9.26. The molecule has 2 atom stereocenters. The molecule has 1 aromatic heterocycles. The van der Waals surface area contributed by atoms with E-state index < -0.39 is 14.4 Å². The SMILES string of the molecule is CC(C)(C)[Si](C)(C)O[C@H](CNCCc1ccc(OCCCc2ccc(-c3ccccc3)c(N(C(=O)O)[C@H]3CN4CCC3CC4)c2)cc1)c1ccc(OCc2ccccc2)c2[nH]c(=O)ccc12. The molecule has 66 heavy (non-hydrogen) atoms. The molecule has 2 bridgehead atoms. The van der Waals surface area contributed by atoms with Crippen LogP contribution in [0.2, 0.25) is 18.1 Å². The average Bonchev–Trinajstić information content (AvgIpc) is 3.31. The van der Waals surface area contributed by atoms with Gasteiger partial charge in [0.2, 0.25) is 5.56 Å². The molecule has 3 aliphatic rings. The minimum absolute atomic E-state index is 0.00609. The maximum atomic E-state index is 13.0. The summed E-state index contributed by atoms with van der Waals surface area (Å²) in [6, 6.07) is 42.3. The van der Waals surface area contributed by atoms with Crippen molar-refractivity contribution in [3.63, 3.8) is 0 Å². The first-order chi connectivity index (χ1) is 31.8. The van der Waals surface area contributed by atoms with Crippen LogP contribution < -0.4 is 25.2 Å². The maximum Gasteiger partial charge on any atom is 0.412 e. The molecule has 10 nitrogen and oxygen atoms in total. The molecular weight excluding hydrogens is 841 g/mol. The molecule has 3 N–H and O–H groups in total. The molecule has 0 aliphatic carbocycles. The number of piperidine rings is 3. The summed E-state index contributed by atoms with van der Waals surface area (Å²) in [4.78, 5) is 32.8. The van der Waals surface area contributed by atoms with Crippen molar-refractivity contribution < 1.29 is 23.8 Å². The molecule has 1 amide bonds. The summed E-state index contributed by atoms with van der Waals surface area (Å²) in [5, 5.41) is 15.3. The van der Waals surface area contributed by atoms with Crippen LogP contribution in [0.25, 0.3) is 22.0 Å². The molecule has 6 aromatic rings. The summed E-state index contributed by atoms with van der Waals surface area (Å²) < 4.78 is 19.6. The topological polar surface area (TPSA) is 116 Å². The Balaban J connectivity index is 0.878. The molecule has 0 spiro atoms. The minimum atomic E-state index is -2.20. The van der Waals surface area contributed by atoms with Crippen LogP contribution in [0, 0.1) is 5.92 Å². The Kier molecular flexibility index (Phi) is 14.8. The lowest BCUT2D eigenvalue weighted by molar-refractivity contribution is 0.0837. The Bertz CT molecular complexity index is 2610. The summed E-state index contributed by atoms with van der Waals surface area (Å²) in [5.74, 6) is 1.84. The maximum absolute atomic E-state index is 13.0. The molecule has 0 saturated carbocycles. The van der Waals surface area contributed by atoms with Crippen LogP contribution in [0.5, 0.6) is 11.5 Å². The van der Waals surface area contributed by atoms with E-state index in [9.17, 15) is 14.7 Å². The fraction of sp³-hybridized carbons (Fsp3) is 0.382. The monoisotopic (exact) mass is 906 g/mol. The second kappa shape index (κ2) is 20.8. The van der Waals surface area contributed by atoms with E-state index in [0.29, 0.717) is 36.9 Å². The number of nitrogens with one attached hydrogen (secondary N) is 2. The van der Waals surface area contributed by atoms with Gasteiger partial charge in [-0.2, -0.15) is 0 Å². The van der Waals surface area contributed by atoms with Gasteiger partial charge in [-0.25, -0.2) is 4.79 Å². The number of amides is 1. The molecule has 3 saturated heterocycles. The van der Waals surface area contributed by atoms with Gasteiger partial charge in [-0.3, -0.25) is 9.69 Å². The lowest BCUT2D eigenvalue weighted by Crippen LogP contribution is -2.59. The first-order valence-electron chi connectivity index (χ1n) is 23.7. The molecule has 11 heteroatoms. The van der Waals surface area contributed by atoms with E-state index in [1.807, 2.05) is 72.8 Å². The van der Waals surface area contributed by atoms with Crippen LogP contribution in [-0.2, 0) is 23.9 Å². The number of nitrogens with zero attached hydrogens (tertiary/aromatic N) is 2. The Labute approximate surface area is 391 Å². The molecule has 9 rings (SSSR count). The molecule has 3 fully saturated rings. The standard InChI is InChI=1S/C55H66N4O6Si/c1-55(2,3)66(4,5)65-51(46-24-26-50(53-47(46)25-27-52(60)57-53)64-38-41-13-8-6-9-14-41)36-56-31-28-39-18-21-44(22-19-39)63-34-12-15-40-20-23-45(42-16-10-7-11-17-42)48(35-40)59(54(61)62)49-37-58-32-29-43(49)30-33-58/h6-11,13-14,16-27,35,43,49,51,56H,12,15,28-34,36-38H2,1-5H3,(H,57,60)(H,61,62)/t49-,51+/m0/s1. The molecule has 346 valence electrons. The minimum Gasteiger partial charge on any atom is -0.494 e. The number of hydrogen-bond acceptors (Lipinski definition) is 7. The van der Waals surface area contributed by atoms with E-state index in [1.165, 1.54) is 5.56 Å². The molecular formula is C55H66N4O6Si. The van der Waals surface area contributed by atoms with Gasteiger partial charge in [-0.05, 0) is 134 Å². The quantitative estimate of drug-likeness (QED) is 0.0544. The fourth-order valence-corrected chi connectivity index (χ4v) is 10.5.